The number of nitrogens with zero attached hydrogens (tertiary/aromatic N) is 2. The van der Waals surface area contributed by atoms with E-state index in [1.165, 1.54) is 26.2 Å². The zero-order valence-electron chi connectivity index (χ0n) is 11.4. The van der Waals surface area contributed by atoms with Gasteiger partial charge < -0.3 is 9.47 Å². The smallest absolute Gasteiger partial charge is 0.0645 e. The van der Waals surface area contributed by atoms with Crippen LogP contribution < -0.4 is 0 Å². The Kier molecular flexibility index (Phi) is 4.42. The standard InChI is InChI=1S/C13H26N2O2/c1-13(2,3)17-9-8-14-4-6-15(7-5-14)12-10-16-11-12/h12H,4-11H2,1-3H3. The molecule has 0 saturated carbocycles. The summed E-state index contributed by atoms with van der Waals surface area (Å²) in [4.78, 5) is 5.06. The number of piperazine rings is 1. The molecule has 0 bridgehead atoms. The number of hydrogen-bond acceptors (Lipinski definition) is 4. The van der Waals surface area contributed by atoms with E-state index in [2.05, 4.69) is 30.6 Å². The zero-order valence-corrected chi connectivity index (χ0v) is 11.4. The number of rotatable bonds is 4. The van der Waals surface area contributed by atoms with Gasteiger partial charge in [0.1, 0.15) is 0 Å². The highest BCUT2D eigenvalue weighted by Gasteiger charge is 2.28. The monoisotopic (exact) mass is 242 g/mol. The molecule has 0 spiro atoms. The van der Waals surface area contributed by atoms with Crippen LogP contribution in [0.1, 0.15) is 20.8 Å². The van der Waals surface area contributed by atoms with Gasteiger partial charge in [-0.05, 0) is 20.8 Å². The fourth-order valence-electron chi connectivity index (χ4n) is 2.27. The van der Waals surface area contributed by atoms with Gasteiger partial charge >= 0.3 is 0 Å². The molecule has 17 heavy (non-hydrogen) atoms. The van der Waals surface area contributed by atoms with Crippen LogP contribution >= 0.6 is 0 Å². The highest BCUT2D eigenvalue weighted by atomic mass is 16.5. The molecule has 100 valence electrons. The first-order chi connectivity index (χ1) is 8.04. The maximum Gasteiger partial charge on any atom is 0.0645 e. The predicted molar refractivity (Wildman–Crippen MR) is 68.3 cm³/mol. The number of hydrogen-bond donors (Lipinski definition) is 0. The third-order valence-corrected chi connectivity index (χ3v) is 3.49. The lowest BCUT2D eigenvalue weighted by atomic mass is 10.2. The molecule has 0 unspecified atom stereocenters. The van der Waals surface area contributed by atoms with Crippen LogP contribution in [0.4, 0.5) is 0 Å². The Labute approximate surface area is 105 Å². The molecule has 0 aromatic heterocycles. The summed E-state index contributed by atoms with van der Waals surface area (Å²) < 4.78 is 11.0. The first kappa shape index (κ1) is 13.3. The summed E-state index contributed by atoms with van der Waals surface area (Å²) in [5.74, 6) is 0. The quantitative estimate of drug-likeness (QED) is 0.728. The van der Waals surface area contributed by atoms with Gasteiger partial charge in [0.25, 0.3) is 0 Å². The first-order valence-electron chi connectivity index (χ1n) is 6.73. The summed E-state index contributed by atoms with van der Waals surface area (Å²) in [6, 6.07) is 0.697. The van der Waals surface area contributed by atoms with Gasteiger partial charge in [0, 0.05) is 32.7 Å². The summed E-state index contributed by atoms with van der Waals surface area (Å²) in [6.45, 7) is 14.8. The van der Waals surface area contributed by atoms with E-state index in [9.17, 15) is 0 Å². The zero-order chi connectivity index (χ0) is 12.3. The lowest BCUT2D eigenvalue weighted by Gasteiger charge is -2.42. The van der Waals surface area contributed by atoms with Crippen molar-refractivity contribution in [3.8, 4) is 0 Å². The SMILES string of the molecule is CC(C)(C)OCCN1CCN(C2COC2)CC1. The Hall–Kier alpha value is -0.160. The molecule has 0 N–H and O–H groups in total. The van der Waals surface area contributed by atoms with Crippen LogP contribution in [0.5, 0.6) is 0 Å². The van der Waals surface area contributed by atoms with Crippen LogP contribution in [0.15, 0.2) is 0 Å². The Morgan fingerprint density at radius 3 is 2.24 bits per heavy atom. The Morgan fingerprint density at radius 2 is 1.76 bits per heavy atom. The average molecular weight is 242 g/mol. The molecule has 0 aromatic rings. The van der Waals surface area contributed by atoms with Crippen molar-refractivity contribution >= 4 is 0 Å². The van der Waals surface area contributed by atoms with Crippen molar-refractivity contribution in [2.75, 3.05) is 52.5 Å². The second-order valence-electron chi connectivity index (χ2n) is 6.03. The van der Waals surface area contributed by atoms with E-state index in [0.717, 1.165) is 26.4 Å². The molecular weight excluding hydrogens is 216 g/mol. The van der Waals surface area contributed by atoms with Gasteiger partial charge in [-0.15, -0.1) is 0 Å². The van der Waals surface area contributed by atoms with Gasteiger partial charge in [-0.2, -0.15) is 0 Å². The van der Waals surface area contributed by atoms with E-state index in [4.69, 9.17) is 9.47 Å². The van der Waals surface area contributed by atoms with Gasteiger partial charge in [-0.3, -0.25) is 9.80 Å². The summed E-state index contributed by atoms with van der Waals surface area (Å²) in [7, 11) is 0. The van der Waals surface area contributed by atoms with Crippen molar-refractivity contribution < 1.29 is 9.47 Å². The maximum atomic E-state index is 5.76. The average Bonchev–Trinajstić information content (AvgIpc) is 2.16. The van der Waals surface area contributed by atoms with Crippen LogP contribution in [0.3, 0.4) is 0 Å². The van der Waals surface area contributed by atoms with Gasteiger partial charge in [0.15, 0.2) is 0 Å². The normalized spacial score (nSPS) is 24.9. The molecule has 0 atom stereocenters. The molecule has 2 heterocycles. The molecule has 0 aliphatic carbocycles. The van der Waals surface area contributed by atoms with E-state index < -0.39 is 0 Å². The molecule has 2 aliphatic heterocycles. The van der Waals surface area contributed by atoms with Crippen LogP contribution in [-0.2, 0) is 9.47 Å². The molecule has 4 nitrogen and oxygen atoms in total. The van der Waals surface area contributed by atoms with E-state index in [1.54, 1.807) is 0 Å². The van der Waals surface area contributed by atoms with E-state index in [1.807, 2.05) is 0 Å². The van der Waals surface area contributed by atoms with Crippen molar-refractivity contribution in [3.05, 3.63) is 0 Å². The Morgan fingerprint density at radius 1 is 1.12 bits per heavy atom. The minimum absolute atomic E-state index is 0.00884. The maximum absolute atomic E-state index is 5.76. The van der Waals surface area contributed by atoms with Gasteiger partial charge in [0.05, 0.1) is 31.5 Å². The summed E-state index contributed by atoms with van der Waals surface area (Å²) in [5, 5.41) is 0. The van der Waals surface area contributed by atoms with Crippen LogP contribution in [0, 0.1) is 0 Å². The summed E-state index contributed by atoms with van der Waals surface area (Å²) in [6.07, 6.45) is 0. The van der Waals surface area contributed by atoms with Crippen molar-refractivity contribution in [1.29, 1.82) is 0 Å². The molecule has 2 fully saturated rings. The molecule has 2 aliphatic rings. The molecule has 0 radical (unpaired) electrons. The van der Waals surface area contributed by atoms with E-state index in [0.29, 0.717) is 6.04 Å². The van der Waals surface area contributed by atoms with Crippen LogP contribution in [-0.4, -0.2) is 74.0 Å². The van der Waals surface area contributed by atoms with Crippen molar-refractivity contribution in [2.45, 2.75) is 32.4 Å². The van der Waals surface area contributed by atoms with Gasteiger partial charge in [-0.1, -0.05) is 0 Å². The highest BCUT2D eigenvalue weighted by molar-refractivity contribution is 4.82. The second kappa shape index (κ2) is 5.65. The molecule has 2 saturated heterocycles. The topological polar surface area (TPSA) is 24.9 Å². The molecule has 4 heteroatoms. The minimum atomic E-state index is -0.00884. The molecule has 2 rings (SSSR count). The largest absolute Gasteiger partial charge is 0.378 e. The predicted octanol–water partition coefficient (Wildman–Crippen LogP) is 0.818. The molecule has 0 amide bonds. The molecular formula is C13H26N2O2. The number of ether oxygens (including phenoxy) is 2. The minimum Gasteiger partial charge on any atom is -0.378 e. The van der Waals surface area contributed by atoms with Crippen LogP contribution in [0.2, 0.25) is 0 Å². The first-order valence-corrected chi connectivity index (χ1v) is 6.73. The lowest BCUT2D eigenvalue weighted by Crippen LogP contribution is -2.56. The molecule has 0 aromatic carbocycles. The third-order valence-electron chi connectivity index (χ3n) is 3.49. The summed E-state index contributed by atoms with van der Waals surface area (Å²) >= 11 is 0. The Bertz CT molecular complexity index is 228. The Balaban J connectivity index is 1.58. The summed E-state index contributed by atoms with van der Waals surface area (Å²) in [5.41, 5.74) is -0.00884. The van der Waals surface area contributed by atoms with E-state index >= 15 is 0 Å². The van der Waals surface area contributed by atoms with Gasteiger partial charge in [-0.25, -0.2) is 0 Å². The van der Waals surface area contributed by atoms with Crippen molar-refractivity contribution in [3.63, 3.8) is 0 Å². The second-order valence-corrected chi connectivity index (χ2v) is 6.03. The third kappa shape index (κ3) is 4.21. The fourth-order valence-corrected chi connectivity index (χ4v) is 2.27. The van der Waals surface area contributed by atoms with Crippen molar-refractivity contribution in [1.82, 2.24) is 9.80 Å². The van der Waals surface area contributed by atoms with Gasteiger partial charge in [0.2, 0.25) is 0 Å². The van der Waals surface area contributed by atoms with Crippen LogP contribution in [0.25, 0.3) is 0 Å². The van der Waals surface area contributed by atoms with E-state index in [-0.39, 0.29) is 5.60 Å². The highest BCUT2D eigenvalue weighted by Crippen LogP contribution is 2.13. The lowest BCUT2D eigenvalue weighted by molar-refractivity contribution is -0.0801. The van der Waals surface area contributed by atoms with Crippen molar-refractivity contribution in [2.24, 2.45) is 0 Å². The fraction of sp³-hybridized carbons (Fsp3) is 1.00.